The van der Waals surface area contributed by atoms with E-state index in [1.54, 1.807) is 18.1 Å². The molecule has 0 N–H and O–H groups in total. The monoisotopic (exact) mass is 332 g/mol. The number of rotatable bonds is 2. The van der Waals surface area contributed by atoms with E-state index in [-0.39, 0.29) is 11.3 Å². The fourth-order valence-electron chi connectivity index (χ4n) is 3.08. The van der Waals surface area contributed by atoms with E-state index in [9.17, 15) is 13.2 Å². The van der Waals surface area contributed by atoms with Gasteiger partial charge in [0.15, 0.2) is 0 Å². The van der Waals surface area contributed by atoms with Crippen LogP contribution in [-0.2, 0) is 19.1 Å². The zero-order valence-electron chi connectivity index (χ0n) is 13.0. The summed E-state index contributed by atoms with van der Waals surface area (Å²) in [5.74, 6) is 0.767. The Hall–Kier alpha value is -2.68. The summed E-state index contributed by atoms with van der Waals surface area (Å²) in [6.45, 7) is 0.837. The SMILES string of the molecule is COc1cccc2c1CCN(c1ccc(C#N)cc1C(F)(F)F)C2. The van der Waals surface area contributed by atoms with Gasteiger partial charge in [0, 0.05) is 24.3 Å². The van der Waals surface area contributed by atoms with E-state index in [2.05, 4.69) is 0 Å². The van der Waals surface area contributed by atoms with E-state index < -0.39 is 11.7 Å². The van der Waals surface area contributed by atoms with Crippen molar-refractivity contribution >= 4 is 5.69 Å². The van der Waals surface area contributed by atoms with Crippen LogP contribution in [0.2, 0.25) is 0 Å². The topological polar surface area (TPSA) is 36.3 Å². The highest BCUT2D eigenvalue weighted by Crippen LogP contribution is 2.39. The quantitative estimate of drug-likeness (QED) is 0.829. The van der Waals surface area contributed by atoms with Gasteiger partial charge < -0.3 is 9.64 Å². The number of alkyl halides is 3. The Morgan fingerprint density at radius 3 is 2.67 bits per heavy atom. The first-order valence-corrected chi connectivity index (χ1v) is 7.45. The first-order valence-electron chi connectivity index (χ1n) is 7.45. The highest BCUT2D eigenvalue weighted by Gasteiger charge is 2.36. The zero-order valence-corrected chi connectivity index (χ0v) is 13.0. The Labute approximate surface area is 137 Å². The molecule has 0 spiro atoms. The molecule has 0 atom stereocenters. The molecule has 24 heavy (non-hydrogen) atoms. The minimum atomic E-state index is -4.50. The molecule has 3 rings (SSSR count). The third kappa shape index (κ3) is 2.90. The third-order valence-corrected chi connectivity index (χ3v) is 4.21. The summed E-state index contributed by atoms with van der Waals surface area (Å²) in [4.78, 5) is 1.70. The van der Waals surface area contributed by atoms with Gasteiger partial charge >= 0.3 is 6.18 Å². The lowest BCUT2D eigenvalue weighted by atomic mass is 9.97. The number of nitriles is 1. The number of hydrogen-bond donors (Lipinski definition) is 0. The van der Waals surface area contributed by atoms with E-state index in [1.807, 2.05) is 18.2 Å². The average Bonchev–Trinajstić information content (AvgIpc) is 2.59. The molecule has 0 fully saturated rings. The number of methoxy groups -OCH3 is 1. The average molecular weight is 332 g/mol. The number of nitrogens with zero attached hydrogens (tertiary/aromatic N) is 2. The van der Waals surface area contributed by atoms with Crippen molar-refractivity contribution in [2.24, 2.45) is 0 Å². The Morgan fingerprint density at radius 2 is 2.00 bits per heavy atom. The van der Waals surface area contributed by atoms with Gasteiger partial charge in [-0.3, -0.25) is 0 Å². The standard InChI is InChI=1S/C18H15F3N2O/c1-24-17-4-2-3-13-11-23(8-7-14(13)17)16-6-5-12(10-22)9-15(16)18(19,20)21/h2-6,9H,7-8,11H2,1H3. The van der Waals surface area contributed by atoms with E-state index in [0.717, 1.165) is 22.9 Å². The molecule has 2 aromatic carbocycles. The maximum atomic E-state index is 13.4. The second kappa shape index (κ2) is 6.08. The number of anilines is 1. The number of hydrogen-bond acceptors (Lipinski definition) is 3. The van der Waals surface area contributed by atoms with Gasteiger partial charge in [-0.05, 0) is 36.2 Å². The van der Waals surface area contributed by atoms with Crippen LogP contribution < -0.4 is 9.64 Å². The lowest BCUT2D eigenvalue weighted by molar-refractivity contribution is -0.137. The first-order chi connectivity index (χ1) is 11.4. The van der Waals surface area contributed by atoms with Crippen LogP contribution in [-0.4, -0.2) is 13.7 Å². The smallest absolute Gasteiger partial charge is 0.418 e. The van der Waals surface area contributed by atoms with Crippen molar-refractivity contribution in [3.8, 4) is 11.8 Å². The van der Waals surface area contributed by atoms with Crippen LogP contribution in [0, 0.1) is 11.3 Å². The van der Waals surface area contributed by atoms with Crippen LogP contribution in [0.3, 0.4) is 0 Å². The predicted molar refractivity (Wildman–Crippen MR) is 83.9 cm³/mol. The van der Waals surface area contributed by atoms with E-state index in [1.165, 1.54) is 12.1 Å². The van der Waals surface area contributed by atoms with Gasteiger partial charge in [0.25, 0.3) is 0 Å². The minimum absolute atomic E-state index is 0.00477. The molecule has 0 amide bonds. The Morgan fingerprint density at radius 1 is 1.21 bits per heavy atom. The molecular weight excluding hydrogens is 317 g/mol. The number of halogens is 3. The highest BCUT2D eigenvalue weighted by molar-refractivity contribution is 5.60. The fraction of sp³-hybridized carbons (Fsp3) is 0.278. The molecular formula is C18H15F3N2O. The zero-order chi connectivity index (χ0) is 17.3. The summed E-state index contributed by atoms with van der Waals surface area (Å²) in [6, 6.07) is 11.1. The van der Waals surface area contributed by atoms with Gasteiger partial charge in [0.05, 0.1) is 24.3 Å². The first kappa shape index (κ1) is 16.2. The van der Waals surface area contributed by atoms with E-state index >= 15 is 0 Å². The summed E-state index contributed by atoms with van der Waals surface area (Å²) < 4.78 is 45.5. The van der Waals surface area contributed by atoms with Crippen LogP contribution >= 0.6 is 0 Å². The molecule has 1 aliphatic heterocycles. The number of ether oxygens (including phenoxy) is 1. The van der Waals surface area contributed by atoms with Gasteiger partial charge in [0.2, 0.25) is 0 Å². The summed E-state index contributed by atoms with van der Waals surface area (Å²) >= 11 is 0. The summed E-state index contributed by atoms with van der Waals surface area (Å²) in [5, 5.41) is 8.87. The second-order valence-corrected chi connectivity index (χ2v) is 5.61. The molecule has 0 aromatic heterocycles. The van der Waals surface area contributed by atoms with Gasteiger partial charge in [-0.1, -0.05) is 12.1 Å². The van der Waals surface area contributed by atoms with Crippen molar-refractivity contribution in [3.05, 3.63) is 58.7 Å². The Kier molecular flexibility index (Phi) is 4.10. The maximum absolute atomic E-state index is 13.4. The van der Waals surface area contributed by atoms with Gasteiger partial charge in [-0.2, -0.15) is 18.4 Å². The van der Waals surface area contributed by atoms with Crippen molar-refractivity contribution in [1.82, 2.24) is 0 Å². The van der Waals surface area contributed by atoms with Crippen molar-refractivity contribution in [2.45, 2.75) is 19.1 Å². The molecule has 0 radical (unpaired) electrons. The molecule has 124 valence electrons. The van der Waals surface area contributed by atoms with E-state index in [0.29, 0.717) is 19.5 Å². The Bertz CT molecular complexity index is 809. The third-order valence-electron chi connectivity index (χ3n) is 4.21. The van der Waals surface area contributed by atoms with Crippen molar-refractivity contribution in [3.63, 3.8) is 0 Å². The second-order valence-electron chi connectivity index (χ2n) is 5.61. The van der Waals surface area contributed by atoms with Crippen LogP contribution in [0.25, 0.3) is 0 Å². The summed E-state index contributed by atoms with van der Waals surface area (Å²) in [5.41, 5.74) is 1.34. The lowest BCUT2D eigenvalue weighted by Gasteiger charge is -2.33. The molecule has 1 aliphatic rings. The van der Waals surface area contributed by atoms with Crippen molar-refractivity contribution in [2.75, 3.05) is 18.6 Å². The summed E-state index contributed by atoms with van der Waals surface area (Å²) in [7, 11) is 1.59. The number of fused-ring (bicyclic) bond motifs is 1. The van der Waals surface area contributed by atoms with Crippen molar-refractivity contribution in [1.29, 1.82) is 5.26 Å². The molecule has 3 nitrogen and oxygen atoms in total. The number of benzene rings is 2. The van der Waals surface area contributed by atoms with Crippen LogP contribution in [0.15, 0.2) is 36.4 Å². The normalized spacial score (nSPS) is 14.0. The predicted octanol–water partition coefficient (Wildman–Crippen LogP) is 4.15. The molecule has 1 heterocycles. The maximum Gasteiger partial charge on any atom is 0.418 e. The molecule has 0 saturated heterocycles. The molecule has 0 bridgehead atoms. The fourth-order valence-corrected chi connectivity index (χ4v) is 3.08. The molecule has 6 heteroatoms. The van der Waals surface area contributed by atoms with Gasteiger partial charge in [-0.15, -0.1) is 0 Å². The van der Waals surface area contributed by atoms with Gasteiger partial charge in [-0.25, -0.2) is 0 Å². The molecule has 0 saturated carbocycles. The minimum Gasteiger partial charge on any atom is -0.496 e. The van der Waals surface area contributed by atoms with Crippen LogP contribution in [0.5, 0.6) is 5.75 Å². The summed E-state index contributed by atoms with van der Waals surface area (Å²) in [6.07, 6.45) is -3.90. The van der Waals surface area contributed by atoms with Crippen molar-refractivity contribution < 1.29 is 17.9 Å². The lowest BCUT2D eigenvalue weighted by Crippen LogP contribution is -2.32. The highest BCUT2D eigenvalue weighted by atomic mass is 19.4. The Balaban J connectivity index is 2.01. The van der Waals surface area contributed by atoms with Crippen LogP contribution in [0.4, 0.5) is 18.9 Å². The van der Waals surface area contributed by atoms with Crippen LogP contribution in [0.1, 0.15) is 22.3 Å². The largest absolute Gasteiger partial charge is 0.496 e. The van der Waals surface area contributed by atoms with E-state index in [4.69, 9.17) is 10.00 Å². The molecule has 0 unspecified atom stereocenters. The molecule has 0 aliphatic carbocycles. The molecule has 2 aromatic rings. The van der Waals surface area contributed by atoms with Gasteiger partial charge in [0.1, 0.15) is 5.75 Å².